The van der Waals surface area contributed by atoms with Crippen molar-refractivity contribution in [1.29, 1.82) is 0 Å². The van der Waals surface area contributed by atoms with Gasteiger partial charge in [0.25, 0.3) is 0 Å². The maximum atomic E-state index is 12.2. The molecule has 2 aliphatic rings. The van der Waals surface area contributed by atoms with Crippen molar-refractivity contribution in [2.45, 2.75) is 50.4 Å². The van der Waals surface area contributed by atoms with Crippen LogP contribution in [0.4, 0.5) is 4.79 Å². The van der Waals surface area contributed by atoms with Gasteiger partial charge in [-0.25, -0.2) is 9.59 Å². The third kappa shape index (κ3) is 4.86. The van der Waals surface area contributed by atoms with E-state index in [0.717, 1.165) is 19.3 Å². The van der Waals surface area contributed by atoms with E-state index in [1.165, 1.54) is 0 Å². The van der Waals surface area contributed by atoms with Crippen LogP contribution in [-0.2, 0) is 14.3 Å². The number of aliphatic carboxylic acids is 1. The van der Waals surface area contributed by atoms with E-state index in [9.17, 15) is 9.59 Å². The molecule has 0 aromatic rings. The molecule has 2 amide bonds. The molecule has 1 aliphatic carbocycles. The summed E-state index contributed by atoms with van der Waals surface area (Å²) in [4.78, 5) is 24.4. The van der Waals surface area contributed by atoms with Crippen molar-refractivity contribution in [2.24, 2.45) is 0 Å². The first kappa shape index (κ1) is 16.0. The normalized spacial score (nSPS) is 26.8. The quantitative estimate of drug-likeness (QED) is 0.785. The zero-order valence-corrected chi connectivity index (χ0v) is 12.4. The van der Waals surface area contributed by atoms with Gasteiger partial charge in [0.05, 0.1) is 12.2 Å². The fourth-order valence-corrected chi connectivity index (χ4v) is 2.97. The summed E-state index contributed by atoms with van der Waals surface area (Å²) in [5, 5.41) is 11.6. The van der Waals surface area contributed by atoms with E-state index in [1.54, 1.807) is 12.0 Å². The Hall–Kier alpha value is -1.34. The maximum Gasteiger partial charge on any atom is 0.329 e. The first-order valence-corrected chi connectivity index (χ1v) is 7.50. The number of amides is 2. The van der Waals surface area contributed by atoms with Crippen LogP contribution in [0.25, 0.3) is 0 Å². The molecule has 1 heterocycles. The van der Waals surface area contributed by atoms with E-state index in [2.05, 4.69) is 5.32 Å². The summed E-state index contributed by atoms with van der Waals surface area (Å²) in [5.41, 5.74) is 0. The molecule has 7 nitrogen and oxygen atoms in total. The number of carbonyl (C=O) groups excluding carboxylic acids is 1. The summed E-state index contributed by atoms with van der Waals surface area (Å²) < 4.78 is 10.6. The average Bonchev–Trinajstić information content (AvgIpc) is 2.93. The van der Waals surface area contributed by atoms with Gasteiger partial charge >= 0.3 is 12.0 Å². The molecular weight excluding hydrogens is 276 g/mol. The SMILES string of the molecule is COC1CCC(NC(=O)N2CCC(OCC(=O)O)CC2)C1. The van der Waals surface area contributed by atoms with E-state index < -0.39 is 5.97 Å². The Morgan fingerprint density at radius 2 is 1.90 bits per heavy atom. The Balaban J connectivity index is 1.67. The fourth-order valence-electron chi connectivity index (χ4n) is 2.97. The lowest BCUT2D eigenvalue weighted by Crippen LogP contribution is -2.48. The number of nitrogens with zero attached hydrogens (tertiary/aromatic N) is 1. The second kappa shape index (κ2) is 7.61. The highest BCUT2D eigenvalue weighted by molar-refractivity contribution is 5.74. The van der Waals surface area contributed by atoms with Crippen LogP contribution in [-0.4, -0.2) is 67.1 Å². The van der Waals surface area contributed by atoms with Crippen molar-refractivity contribution in [3.63, 3.8) is 0 Å². The summed E-state index contributed by atoms with van der Waals surface area (Å²) in [5.74, 6) is -0.955. The van der Waals surface area contributed by atoms with E-state index in [0.29, 0.717) is 25.9 Å². The average molecular weight is 300 g/mol. The molecule has 0 spiro atoms. The van der Waals surface area contributed by atoms with Gasteiger partial charge in [0, 0.05) is 26.2 Å². The van der Waals surface area contributed by atoms with Crippen LogP contribution < -0.4 is 5.32 Å². The van der Waals surface area contributed by atoms with E-state index in [4.69, 9.17) is 14.6 Å². The summed E-state index contributed by atoms with van der Waals surface area (Å²) >= 11 is 0. The van der Waals surface area contributed by atoms with Crippen molar-refractivity contribution in [3.8, 4) is 0 Å². The van der Waals surface area contributed by atoms with E-state index in [1.807, 2.05) is 0 Å². The molecule has 2 N–H and O–H groups in total. The number of nitrogens with one attached hydrogen (secondary N) is 1. The number of carbonyl (C=O) groups is 2. The first-order valence-electron chi connectivity index (χ1n) is 7.50. The molecule has 1 saturated heterocycles. The van der Waals surface area contributed by atoms with Crippen LogP contribution in [0, 0.1) is 0 Å². The smallest absolute Gasteiger partial charge is 0.329 e. The number of carboxylic acid groups (broad SMARTS) is 1. The van der Waals surface area contributed by atoms with Gasteiger partial charge in [-0.1, -0.05) is 0 Å². The minimum atomic E-state index is -0.955. The van der Waals surface area contributed by atoms with Gasteiger partial charge in [0.1, 0.15) is 6.61 Å². The van der Waals surface area contributed by atoms with Gasteiger partial charge in [-0.2, -0.15) is 0 Å². The molecule has 1 saturated carbocycles. The highest BCUT2D eigenvalue weighted by Gasteiger charge is 2.29. The summed E-state index contributed by atoms with van der Waals surface area (Å²) in [6.07, 6.45) is 4.40. The maximum absolute atomic E-state index is 12.2. The number of hydrogen-bond acceptors (Lipinski definition) is 4. The number of carboxylic acids is 1. The van der Waals surface area contributed by atoms with Crippen LogP contribution in [0.2, 0.25) is 0 Å². The van der Waals surface area contributed by atoms with Crippen molar-refractivity contribution in [1.82, 2.24) is 10.2 Å². The van der Waals surface area contributed by atoms with E-state index >= 15 is 0 Å². The van der Waals surface area contributed by atoms with Crippen LogP contribution >= 0.6 is 0 Å². The predicted octanol–water partition coefficient (Wildman–Crippen LogP) is 0.829. The van der Waals surface area contributed by atoms with Crippen LogP contribution in [0.5, 0.6) is 0 Å². The van der Waals surface area contributed by atoms with Crippen molar-refractivity contribution in [3.05, 3.63) is 0 Å². The molecule has 2 fully saturated rings. The zero-order valence-electron chi connectivity index (χ0n) is 12.4. The highest BCUT2D eigenvalue weighted by Crippen LogP contribution is 2.22. The molecule has 2 atom stereocenters. The number of rotatable bonds is 5. The number of likely N-dealkylation sites (tertiary alicyclic amines) is 1. The Morgan fingerprint density at radius 3 is 2.48 bits per heavy atom. The molecule has 120 valence electrons. The van der Waals surface area contributed by atoms with Crippen molar-refractivity contribution in [2.75, 3.05) is 26.8 Å². The Labute approximate surface area is 124 Å². The minimum absolute atomic E-state index is 0.0339. The molecule has 21 heavy (non-hydrogen) atoms. The van der Waals surface area contributed by atoms with Gasteiger partial charge in [-0.05, 0) is 32.1 Å². The number of urea groups is 1. The van der Waals surface area contributed by atoms with E-state index in [-0.39, 0.29) is 30.9 Å². The monoisotopic (exact) mass is 300 g/mol. The lowest BCUT2D eigenvalue weighted by atomic mass is 10.1. The molecule has 0 aromatic heterocycles. The molecule has 2 unspecified atom stereocenters. The third-order valence-electron chi connectivity index (χ3n) is 4.22. The lowest BCUT2D eigenvalue weighted by Gasteiger charge is -2.32. The Bertz CT molecular complexity index is 368. The zero-order chi connectivity index (χ0) is 15.2. The molecular formula is C14H24N2O5. The molecule has 1 aliphatic heterocycles. The molecule has 7 heteroatoms. The summed E-state index contributed by atoms with van der Waals surface area (Å²) in [6, 6.07) is 0.164. The van der Waals surface area contributed by atoms with Crippen LogP contribution in [0.15, 0.2) is 0 Å². The molecule has 0 aromatic carbocycles. The minimum Gasteiger partial charge on any atom is -0.480 e. The largest absolute Gasteiger partial charge is 0.480 e. The predicted molar refractivity (Wildman–Crippen MR) is 75.2 cm³/mol. The summed E-state index contributed by atoms with van der Waals surface area (Å²) in [6.45, 7) is 0.949. The van der Waals surface area contributed by atoms with Gasteiger partial charge < -0.3 is 24.8 Å². The topological polar surface area (TPSA) is 88.1 Å². The second-order valence-corrected chi connectivity index (χ2v) is 5.71. The van der Waals surface area contributed by atoms with Crippen LogP contribution in [0.1, 0.15) is 32.1 Å². The Morgan fingerprint density at radius 1 is 1.19 bits per heavy atom. The van der Waals surface area contributed by atoms with Crippen LogP contribution in [0.3, 0.4) is 0 Å². The highest BCUT2D eigenvalue weighted by atomic mass is 16.5. The molecule has 0 bridgehead atoms. The Kier molecular flexibility index (Phi) is 5.81. The van der Waals surface area contributed by atoms with Crippen molar-refractivity contribution < 1.29 is 24.2 Å². The fraction of sp³-hybridized carbons (Fsp3) is 0.857. The van der Waals surface area contributed by atoms with Gasteiger partial charge in [-0.3, -0.25) is 0 Å². The first-order chi connectivity index (χ1) is 10.1. The van der Waals surface area contributed by atoms with Crippen molar-refractivity contribution >= 4 is 12.0 Å². The molecule has 2 rings (SSSR count). The third-order valence-corrected chi connectivity index (χ3v) is 4.22. The molecule has 0 radical (unpaired) electrons. The van der Waals surface area contributed by atoms with Gasteiger partial charge in [-0.15, -0.1) is 0 Å². The van der Waals surface area contributed by atoms with Gasteiger partial charge in [0.15, 0.2) is 0 Å². The number of ether oxygens (including phenoxy) is 2. The number of piperidine rings is 1. The standard InChI is InChI=1S/C14H24N2O5/c1-20-12-3-2-10(8-12)15-14(19)16-6-4-11(5-7-16)21-9-13(17)18/h10-12H,2-9H2,1H3,(H,15,19)(H,17,18). The lowest BCUT2D eigenvalue weighted by molar-refractivity contribution is -0.145. The number of methoxy groups -OCH3 is 1. The summed E-state index contributed by atoms with van der Waals surface area (Å²) in [7, 11) is 1.71. The number of hydrogen-bond donors (Lipinski definition) is 2. The van der Waals surface area contributed by atoms with Gasteiger partial charge in [0.2, 0.25) is 0 Å². The second-order valence-electron chi connectivity index (χ2n) is 5.71.